The van der Waals surface area contributed by atoms with E-state index in [4.69, 9.17) is 0 Å². The summed E-state index contributed by atoms with van der Waals surface area (Å²) >= 11 is 0. The average molecular weight is 186 g/mol. The number of nitrogens with one attached hydrogen (secondary N) is 1. The summed E-state index contributed by atoms with van der Waals surface area (Å²) in [5.74, 6) is 0. The van der Waals surface area contributed by atoms with Gasteiger partial charge in [-0.1, -0.05) is 0 Å². The van der Waals surface area contributed by atoms with Gasteiger partial charge >= 0.3 is 0 Å². The molecule has 2 rings (SSSR count). The molecular formula is C10H19FN2. The van der Waals surface area contributed by atoms with E-state index in [1.54, 1.807) is 0 Å². The first-order chi connectivity index (χ1) is 6.25. The lowest BCUT2D eigenvalue weighted by Gasteiger charge is -2.18. The Bertz CT molecular complexity index is 170. The monoisotopic (exact) mass is 186 g/mol. The Morgan fingerprint density at radius 1 is 1.46 bits per heavy atom. The molecule has 1 aliphatic heterocycles. The van der Waals surface area contributed by atoms with Crippen molar-refractivity contribution < 1.29 is 4.39 Å². The molecule has 1 N–H and O–H groups in total. The highest BCUT2D eigenvalue weighted by Crippen LogP contribution is 2.25. The molecule has 3 heteroatoms. The van der Waals surface area contributed by atoms with Gasteiger partial charge in [0.05, 0.1) is 0 Å². The minimum Gasteiger partial charge on any atom is -0.311 e. The molecule has 0 radical (unpaired) electrons. The molecule has 2 nitrogen and oxygen atoms in total. The van der Waals surface area contributed by atoms with Crippen LogP contribution in [0.2, 0.25) is 0 Å². The van der Waals surface area contributed by atoms with Gasteiger partial charge in [-0.3, -0.25) is 0 Å². The smallest absolute Gasteiger partial charge is 0.114 e. The number of hydrogen-bond acceptors (Lipinski definition) is 2. The van der Waals surface area contributed by atoms with Gasteiger partial charge in [-0.05, 0) is 39.3 Å². The van der Waals surface area contributed by atoms with Crippen molar-refractivity contribution in [1.82, 2.24) is 10.2 Å². The van der Waals surface area contributed by atoms with Crippen molar-refractivity contribution in [3.8, 4) is 0 Å². The summed E-state index contributed by atoms with van der Waals surface area (Å²) in [5.41, 5.74) is 0. The highest BCUT2D eigenvalue weighted by Gasteiger charge is 2.28. The highest BCUT2D eigenvalue weighted by atomic mass is 19.1. The first-order valence-electron chi connectivity index (χ1n) is 5.33. The molecular weight excluding hydrogens is 167 g/mol. The number of halogens is 1. The number of hydrogen-bond donors (Lipinski definition) is 1. The van der Waals surface area contributed by atoms with E-state index >= 15 is 0 Å². The van der Waals surface area contributed by atoms with E-state index in [2.05, 4.69) is 17.3 Å². The molecule has 1 saturated carbocycles. The van der Waals surface area contributed by atoms with Gasteiger partial charge in [0.15, 0.2) is 0 Å². The molecule has 2 aliphatic rings. The van der Waals surface area contributed by atoms with E-state index in [9.17, 15) is 4.39 Å². The van der Waals surface area contributed by atoms with Gasteiger partial charge in [-0.15, -0.1) is 0 Å². The molecule has 2 fully saturated rings. The molecule has 1 saturated heterocycles. The fourth-order valence-corrected chi connectivity index (χ4v) is 2.05. The summed E-state index contributed by atoms with van der Waals surface area (Å²) < 4.78 is 12.8. The molecule has 2 atom stereocenters. The fourth-order valence-electron chi connectivity index (χ4n) is 2.05. The number of alkyl halides is 1. The molecule has 1 aliphatic carbocycles. The molecule has 0 spiro atoms. The van der Waals surface area contributed by atoms with E-state index in [0.717, 1.165) is 25.4 Å². The van der Waals surface area contributed by atoms with Crippen LogP contribution in [0.5, 0.6) is 0 Å². The van der Waals surface area contributed by atoms with E-state index in [1.807, 2.05) is 0 Å². The Morgan fingerprint density at radius 2 is 2.23 bits per heavy atom. The van der Waals surface area contributed by atoms with Crippen LogP contribution >= 0.6 is 0 Å². The van der Waals surface area contributed by atoms with Crippen LogP contribution in [0.25, 0.3) is 0 Å². The zero-order valence-electron chi connectivity index (χ0n) is 8.30. The van der Waals surface area contributed by atoms with Crippen LogP contribution < -0.4 is 5.32 Å². The zero-order valence-corrected chi connectivity index (χ0v) is 8.30. The predicted molar refractivity (Wildman–Crippen MR) is 51.6 cm³/mol. The van der Waals surface area contributed by atoms with Crippen LogP contribution in [-0.4, -0.2) is 43.3 Å². The molecule has 0 amide bonds. The summed E-state index contributed by atoms with van der Waals surface area (Å²) in [6.07, 6.45) is 3.95. The highest BCUT2D eigenvalue weighted by molar-refractivity contribution is 4.85. The van der Waals surface area contributed by atoms with Crippen LogP contribution in [0.3, 0.4) is 0 Å². The zero-order chi connectivity index (χ0) is 9.26. The fraction of sp³-hybridized carbons (Fsp3) is 1.00. The Morgan fingerprint density at radius 3 is 2.77 bits per heavy atom. The van der Waals surface area contributed by atoms with E-state index in [1.165, 1.54) is 12.8 Å². The minimum absolute atomic E-state index is 0.427. The van der Waals surface area contributed by atoms with Crippen molar-refractivity contribution in [2.24, 2.45) is 0 Å². The molecule has 0 bridgehead atoms. The summed E-state index contributed by atoms with van der Waals surface area (Å²) in [6, 6.07) is 1.26. The molecule has 0 aromatic carbocycles. The van der Waals surface area contributed by atoms with Gasteiger partial charge in [-0.2, -0.15) is 0 Å². The van der Waals surface area contributed by atoms with Gasteiger partial charge in [0, 0.05) is 18.6 Å². The lowest BCUT2D eigenvalue weighted by atomic mass is 10.1. The normalized spacial score (nSPS) is 34.4. The topological polar surface area (TPSA) is 15.3 Å². The second-order valence-electron chi connectivity index (χ2n) is 4.44. The van der Waals surface area contributed by atoms with E-state index in [0.29, 0.717) is 12.6 Å². The first kappa shape index (κ1) is 9.41. The molecule has 1 heterocycles. The van der Waals surface area contributed by atoms with E-state index < -0.39 is 6.17 Å². The maximum Gasteiger partial charge on any atom is 0.114 e. The minimum atomic E-state index is -0.601. The molecule has 0 aromatic heterocycles. The van der Waals surface area contributed by atoms with Crippen molar-refractivity contribution in [2.75, 3.05) is 20.1 Å². The van der Waals surface area contributed by atoms with Crippen LogP contribution in [-0.2, 0) is 0 Å². The van der Waals surface area contributed by atoms with Crippen LogP contribution in [0, 0.1) is 0 Å². The summed E-state index contributed by atoms with van der Waals surface area (Å²) in [6.45, 7) is 1.69. The van der Waals surface area contributed by atoms with Crippen molar-refractivity contribution >= 4 is 0 Å². The van der Waals surface area contributed by atoms with Crippen LogP contribution in [0.15, 0.2) is 0 Å². The Hall–Kier alpha value is -0.150. The number of nitrogens with zero attached hydrogens (tertiary/aromatic N) is 1. The van der Waals surface area contributed by atoms with Crippen molar-refractivity contribution in [2.45, 2.75) is 43.9 Å². The van der Waals surface area contributed by atoms with Crippen molar-refractivity contribution in [3.05, 3.63) is 0 Å². The van der Waals surface area contributed by atoms with Gasteiger partial charge in [0.2, 0.25) is 0 Å². The largest absolute Gasteiger partial charge is 0.311 e. The maximum absolute atomic E-state index is 12.8. The Labute approximate surface area is 79.5 Å². The summed E-state index contributed by atoms with van der Waals surface area (Å²) in [4.78, 5) is 2.41. The van der Waals surface area contributed by atoms with Gasteiger partial charge in [0.25, 0.3) is 0 Å². The third-order valence-electron chi connectivity index (χ3n) is 3.17. The standard InChI is InChI=1S/C10H19FN2/c1-13(10-2-3-10)5-4-9-6-8(11)7-12-9/h8-10,12H,2-7H2,1H3. The SMILES string of the molecule is CN(CCC1CC(F)CN1)C1CC1. The van der Waals surface area contributed by atoms with Crippen molar-refractivity contribution in [3.63, 3.8) is 0 Å². The van der Waals surface area contributed by atoms with Crippen molar-refractivity contribution in [1.29, 1.82) is 0 Å². The maximum atomic E-state index is 12.8. The Kier molecular flexibility index (Phi) is 2.84. The lowest BCUT2D eigenvalue weighted by molar-refractivity contribution is 0.298. The summed E-state index contributed by atoms with van der Waals surface area (Å²) in [7, 11) is 2.18. The molecule has 2 unspecified atom stereocenters. The quantitative estimate of drug-likeness (QED) is 0.709. The second-order valence-corrected chi connectivity index (χ2v) is 4.44. The first-order valence-corrected chi connectivity index (χ1v) is 5.33. The van der Waals surface area contributed by atoms with Crippen LogP contribution in [0.1, 0.15) is 25.7 Å². The average Bonchev–Trinajstić information content (AvgIpc) is 2.87. The van der Waals surface area contributed by atoms with E-state index in [-0.39, 0.29) is 0 Å². The van der Waals surface area contributed by atoms with Crippen LogP contribution in [0.4, 0.5) is 4.39 Å². The molecule has 76 valence electrons. The third kappa shape index (κ3) is 2.64. The molecule has 13 heavy (non-hydrogen) atoms. The van der Waals surface area contributed by atoms with Gasteiger partial charge in [0.1, 0.15) is 6.17 Å². The summed E-state index contributed by atoms with van der Waals surface area (Å²) in [5, 5.41) is 3.22. The Balaban J connectivity index is 1.61. The second kappa shape index (κ2) is 3.93. The third-order valence-corrected chi connectivity index (χ3v) is 3.17. The molecule has 0 aromatic rings. The predicted octanol–water partition coefficient (Wildman–Crippen LogP) is 1.17. The van der Waals surface area contributed by atoms with Gasteiger partial charge < -0.3 is 10.2 Å². The van der Waals surface area contributed by atoms with Gasteiger partial charge in [-0.25, -0.2) is 4.39 Å². The number of rotatable bonds is 4. The lowest BCUT2D eigenvalue weighted by Crippen LogP contribution is -2.29.